The molecular weight excluding hydrogens is 240 g/mol. The number of benzene rings is 1. The number of rotatable bonds is 4. The first-order valence-corrected chi connectivity index (χ1v) is 6.93. The lowest BCUT2D eigenvalue weighted by Crippen LogP contribution is -2.39. The Balaban J connectivity index is 1.87. The number of carbonyl (C=O) groups excluding carboxylic acids is 1. The molecule has 1 fully saturated rings. The summed E-state index contributed by atoms with van der Waals surface area (Å²) in [4.78, 5) is 12.0. The number of aliphatic hydroxyl groups is 1. The molecule has 1 saturated carbocycles. The summed E-state index contributed by atoms with van der Waals surface area (Å²) in [5.74, 6) is 0.0438. The number of nitrogens with one attached hydrogen (secondary N) is 1. The number of hydrogen-bond donors (Lipinski definition) is 3. The summed E-state index contributed by atoms with van der Waals surface area (Å²) in [5.41, 5.74) is 7.69. The van der Waals surface area contributed by atoms with Gasteiger partial charge in [-0.3, -0.25) is 4.79 Å². The van der Waals surface area contributed by atoms with Crippen LogP contribution in [0.1, 0.15) is 36.8 Å². The Bertz CT molecular complexity index is 426. The van der Waals surface area contributed by atoms with E-state index in [9.17, 15) is 9.90 Å². The molecule has 0 spiro atoms. The zero-order valence-corrected chi connectivity index (χ0v) is 11.1. The van der Waals surface area contributed by atoms with E-state index in [4.69, 9.17) is 5.73 Å². The first-order chi connectivity index (χ1) is 9.19. The van der Waals surface area contributed by atoms with Crippen LogP contribution in [0.4, 0.5) is 0 Å². The van der Waals surface area contributed by atoms with Crippen molar-refractivity contribution < 1.29 is 9.90 Å². The van der Waals surface area contributed by atoms with E-state index in [2.05, 4.69) is 5.32 Å². The van der Waals surface area contributed by atoms with Gasteiger partial charge in [0.1, 0.15) is 0 Å². The summed E-state index contributed by atoms with van der Waals surface area (Å²) in [6, 6.07) is 7.98. The molecule has 0 radical (unpaired) electrons. The van der Waals surface area contributed by atoms with Gasteiger partial charge in [-0.1, -0.05) is 24.3 Å². The summed E-state index contributed by atoms with van der Waals surface area (Å²) in [5, 5.41) is 12.5. The van der Waals surface area contributed by atoms with Crippen LogP contribution in [0.5, 0.6) is 0 Å². The number of nitrogens with two attached hydrogens (primary N) is 1. The predicted octanol–water partition coefficient (Wildman–Crippen LogP) is 1.11. The average Bonchev–Trinajstić information content (AvgIpc) is 2.42. The second-order valence-electron chi connectivity index (χ2n) is 5.22. The Labute approximate surface area is 114 Å². The Hall–Kier alpha value is -1.39. The highest BCUT2D eigenvalue weighted by atomic mass is 16.3. The van der Waals surface area contributed by atoms with Gasteiger partial charge < -0.3 is 16.2 Å². The van der Waals surface area contributed by atoms with Crippen LogP contribution in [-0.2, 0) is 17.8 Å². The molecule has 0 atom stereocenters. The molecule has 4 nitrogen and oxygen atoms in total. The molecule has 4 heteroatoms. The molecule has 1 amide bonds. The van der Waals surface area contributed by atoms with Gasteiger partial charge in [-0.2, -0.15) is 0 Å². The Morgan fingerprint density at radius 3 is 2.47 bits per heavy atom. The van der Waals surface area contributed by atoms with Crippen LogP contribution in [0.15, 0.2) is 24.3 Å². The lowest BCUT2D eigenvalue weighted by molar-refractivity contribution is -0.121. The summed E-state index contributed by atoms with van der Waals surface area (Å²) < 4.78 is 0. The highest BCUT2D eigenvalue weighted by Crippen LogP contribution is 2.18. The molecule has 104 valence electrons. The summed E-state index contributed by atoms with van der Waals surface area (Å²) >= 11 is 0. The average molecular weight is 262 g/mol. The van der Waals surface area contributed by atoms with Crippen molar-refractivity contribution in [2.45, 2.75) is 50.8 Å². The van der Waals surface area contributed by atoms with E-state index in [1.165, 1.54) is 0 Å². The summed E-state index contributed by atoms with van der Waals surface area (Å²) in [6.45, 7) is 0.457. The standard InChI is InChI=1S/C15H22N2O2/c16-10-12-4-2-1-3-11(12)9-15(19)17-13-5-7-14(18)8-6-13/h1-4,13-14,18H,5-10,16H2,(H,17,19). The SMILES string of the molecule is NCc1ccccc1CC(=O)NC1CCC(O)CC1. The Morgan fingerprint density at radius 2 is 1.84 bits per heavy atom. The van der Waals surface area contributed by atoms with Gasteiger partial charge in [0.2, 0.25) is 5.91 Å². The van der Waals surface area contributed by atoms with Gasteiger partial charge in [0.05, 0.1) is 12.5 Å². The van der Waals surface area contributed by atoms with Crippen molar-refractivity contribution in [3.8, 4) is 0 Å². The molecule has 19 heavy (non-hydrogen) atoms. The van der Waals surface area contributed by atoms with E-state index in [1.54, 1.807) is 0 Å². The van der Waals surface area contributed by atoms with Gasteiger partial charge in [0.15, 0.2) is 0 Å². The van der Waals surface area contributed by atoms with Gasteiger partial charge in [-0.15, -0.1) is 0 Å². The topological polar surface area (TPSA) is 75.4 Å². The van der Waals surface area contributed by atoms with E-state index in [0.29, 0.717) is 13.0 Å². The number of hydrogen-bond acceptors (Lipinski definition) is 3. The molecule has 0 bridgehead atoms. The first-order valence-electron chi connectivity index (χ1n) is 6.93. The van der Waals surface area contributed by atoms with E-state index in [-0.39, 0.29) is 18.1 Å². The molecule has 1 aliphatic rings. The van der Waals surface area contributed by atoms with Crippen molar-refractivity contribution in [3.05, 3.63) is 35.4 Å². The molecule has 1 aromatic rings. The van der Waals surface area contributed by atoms with Crippen LogP contribution >= 0.6 is 0 Å². The van der Waals surface area contributed by atoms with E-state index >= 15 is 0 Å². The minimum absolute atomic E-state index is 0.0438. The normalized spacial score (nSPS) is 23.1. The molecule has 0 unspecified atom stereocenters. The smallest absolute Gasteiger partial charge is 0.224 e. The highest BCUT2D eigenvalue weighted by Gasteiger charge is 2.20. The van der Waals surface area contributed by atoms with E-state index in [1.807, 2.05) is 24.3 Å². The van der Waals surface area contributed by atoms with Crippen LogP contribution in [0.2, 0.25) is 0 Å². The van der Waals surface area contributed by atoms with Gasteiger partial charge >= 0.3 is 0 Å². The molecule has 0 aliphatic heterocycles. The lowest BCUT2D eigenvalue weighted by Gasteiger charge is -2.26. The fourth-order valence-corrected chi connectivity index (χ4v) is 2.60. The minimum Gasteiger partial charge on any atom is -0.393 e. The van der Waals surface area contributed by atoms with Crippen LogP contribution in [0.25, 0.3) is 0 Å². The number of carbonyl (C=O) groups is 1. The Kier molecular flexibility index (Phi) is 4.93. The molecule has 0 aromatic heterocycles. The maximum Gasteiger partial charge on any atom is 0.224 e. The lowest BCUT2D eigenvalue weighted by atomic mass is 9.93. The van der Waals surface area contributed by atoms with E-state index in [0.717, 1.165) is 36.8 Å². The number of amides is 1. The number of aliphatic hydroxyl groups excluding tert-OH is 1. The largest absolute Gasteiger partial charge is 0.393 e. The third-order valence-electron chi connectivity index (χ3n) is 3.75. The summed E-state index contributed by atoms with van der Waals surface area (Å²) in [6.07, 6.45) is 3.49. The van der Waals surface area contributed by atoms with Gasteiger partial charge in [-0.05, 0) is 36.8 Å². The quantitative estimate of drug-likeness (QED) is 0.761. The molecule has 1 aromatic carbocycles. The zero-order chi connectivity index (χ0) is 13.7. The third kappa shape index (κ3) is 4.04. The van der Waals surface area contributed by atoms with Crippen molar-refractivity contribution >= 4 is 5.91 Å². The minimum atomic E-state index is -0.189. The van der Waals surface area contributed by atoms with Crippen LogP contribution in [0, 0.1) is 0 Å². The Morgan fingerprint density at radius 1 is 1.21 bits per heavy atom. The van der Waals surface area contributed by atoms with Crippen LogP contribution in [-0.4, -0.2) is 23.2 Å². The molecule has 1 aliphatic carbocycles. The second kappa shape index (κ2) is 6.68. The third-order valence-corrected chi connectivity index (χ3v) is 3.75. The fraction of sp³-hybridized carbons (Fsp3) is 0.533. The monoisotopic (exact) mass is 262 g/mol. The predicted molar refractivity (Wildman–Crippen MR) is 74.4 cm³/mol. The highest BCUT2D eigenvalue weighted by molar-refractivity contribution is 5.79. The fourth-order valence-electron chi connectivity index (χ4n) is 2.60. The molecular formula is C15H22N2O2. The molecule has 4 N–H and O–H groups in total. The molecule has 0 heterocycles. The van der Waals surface area contributed by atoms with Crippen molar-refractivity contribution in [2.75, 3.05) is 0 Å². The maximum atomic E-state index is 12.0. The molecule has 2 rings (SSSR count). The summed E-state index contributed by atoms with van der Waals surface area (Å²) in [7, 11) is 0. The van der Waals surface area contributed by atoms with Crippen molar-refractivity contribution in [2.24, 2.45) is 5.73 Å². The van der Waals surface area contributed by atoms with Crippen molar-refractivity contribution in [1.29, 1.82) is 0 Å². The first kappa shape index (κ1) is 14.0. The van der Waals surface area contributed by atoms with Crippen molar-refractivity contribution in [3.63, 3.8) is 0 Å². The maximum absolute atomic E-state index is 12.0. The zero-order valence-electron chi connectivity index (χ0n) is 11.1. The van der Waals surface area contributed by atoms with Gasteiger partial charge in [-0.25, -0.2) is 0 Å². The van der Waals surface area contributed by atoms with Crippen molar-refractivity contribution in [1.82, 2.24) is 5.32 Å². The van der Waals surface area contributed by atoms with Gasteiger partial charge in [0, 0.05) is 12.6 Å². The van der Waals surface area contributed by atoms with Gasteiger partial charge in [0.25, 0.3) is 0 Å². The molecule has 0 saturated heterocycles. The van der Waals surface area contributed by atoms with Crippen LogP contribution in [0.3, 0.4) is 0 Å². The van der Waals surface area contributed by atoms with E-state index < -0.39 is 0 Å². The second-order valence-corrected chi connectivity index (χ2v) is 5.22. The van der Waals surface area contributed by atoms with Crippen LogP contribution < -0.4 is 11.1 Å².